The van der Waals surface area contributed by atoms with Crippen LogP contribution < -0.4 is 16.0 Å². The topological polar surface area (TPSA) is 53.2 Å². The highest BCUT2D eigenvalue weighted by Crippen LogP contribution is 2.25. The van der Waals surface area contributed by atoms with E-state index in [2.05, 4.69) is 29.8 Å². The van der Waals surface area contributed by atoms with Gasteiger partial charge < -0.3 is 16.0 Å². The van der Waals surface area contributed by atoms with Gasteiger partial charge in [-0.05, 0) is 31.0 Å². The van der Waals surface area contributed by atoms with Gasteiger partial charge in [0, 0.05) is 24.7 Å². The van der Waals surface area contributed by atoms with Gasteiger partial charge in [0.1, 0.15) is 0 Å². The second kappa shape index (κ2) is 7.91. The fourth-order valence-electron chi connectivity index (χ4n) is 2.74. The van der Waals surface area contributed by atoms with Crippen LogP contribution in [0.5, 0.6) is 0 Å². The number of unbranched alkanes of at least 4 members (excludes halogenated alkanes) is 1. The Hall–Kier alpha value is -1.71. The van der Waals surface area contributed by atoms with Crippen molar-refractivity contribution in [2.45, 2.75) is 52.0 Å². The Kier molecular flexibility index (Phi) is 5.90. The molecule has 0 saturated carbocycles. The number of carbonyl (C=O) groups excluding carboxylic acids is 1. The monoisotopic (exact) mass is 289 g/mol. The Morgan fingerprint density at radius 2 is 1.90 bits per heavy atom. The summed E-state index contributed by atoms with van der Waals surface area (Å²) in [7, 11) is 0. The van der Waals surface area contributed by atoms with Crippen molar-refractivity contribution in [1.82, 2.24) is 5.32 Å². The van der Waals surface area contributed by atoms with Crippen molar-refractivity contribution >= 4 is 17.3 Å². The SMILES string of the molecule is CCCCC(CCC)NC(=O)c1ccc2c(c1)NCCN2. The summed E-state index contributed by atoms with van der Waals surface area (Å²) < 4.78 is 0. The number of carbonyl (C=O) groups is 1. The van der Waals surface area contributed by atoms with Crippen LogP contribution in [0.25, 0.3) is 0 Å². The standard InChI is InChI=1S/C17H27N3O/c1-3-5-7-14(6-4-2)20-17(21)13-8-9-15-16(12-13)19-11-10-18-15/h8-9,12,14,18-19H,3-7,10-11H2,1-2H3,(H,20,21). The van der Waals surface area contributed by atoms with Gasteiger partial charge >= 0.3 is 0 Å². The summed E-state index contributed by atoms with van der Waals surface area (Å²) in [6.45, 7) is 6.17. The summed E-state index contributed by atoms with van der Waals surface area (Å²) in [6.07, 6.45) is 5.56. The summed E-state index contributed by atoms with van der Waals surface area (Å²) in [4.78, 5) is 12.4. The van der Waals surface area contributed by atoms with Crippen molar-refractivity contribution in [2.24, 2.45) is 0 Å². The number of hydrogen-bond donors (Lipinski definition) is 3. The van der Waals surface area contributed by atoms with E-state index in [0.717, 1.165) is 49.3 Å². The molecule has 1 aromatic carbocycles. The molecule has 4 heteroatoms. The van der Waals surface area contributed by atoms with Gasteiger partial charge in [0.15, 0.2) is 0 Å². The summed E-state index contributed by atoms with van der Waals surface area (Å²) in [6, 6.07) is 6.12. The van der Waals surface area contributed by atoms with Crippen molar-refractivity contribution in [3.05, 3.63) is 23.8 Å². The van der Waals surface area contributed by atoms with Gasteiger partial charge in [-0.1, -0.05) is 33.1 Å². The van der Waals surface area contributed by atoms with Gasteiger partial charge in [-0.3, -0.25) is 4.79 Å². The molecule has 1 heterocycles. The van der Waals surface area contributed by atoms with Crippen molar-refractivity contribution in [3.63, 3.8) is 0 Å². The molecule has 3 N–H and O–H groups in total. The molecule has 0 bridgehead atoms. The van der Waals surface area contributed by atoms with Crippen LogP contribution >= 0.6 is 0 Å². The third-order valence-corrected chi connectivity index (χ3v) is 3.92. The number of hydrogen-bond acceptors (Lipinski definition) is 3. The zero-order valence-electron chi connectivity index (χ0n) is 13.2. The summed E-state index contributed by atoms with van der Waals surface area (Å²) >= 11 is 0. The number of nitrogens with one attached hydrogen (secondary N) is 3. The van der Waals surface area contributed by atoms with Crippen molar-refractivity contribution in [1.29, 1.82) is 0 Å². The van der Waals surface area contributed by atoms with Crippen molar-refractivity contribution in [2.75, 3.05) is 23.7 Å². The first-order chi connectivity index (χ1) is 10.2. The Morgan fingerprint density at radius 1 is 1.14 bits per heavy atom. The number of rotatable bonds is 7. The molecular weight excluding hydrogens is 262 g/mol. The van der Waals surface area contributed by atoms with Gasteiger partial charge in [0.05, 0.1) is 11.4 Å². The van der Waals surface area contributed by atoms with E-state index in [9.17, 15) is 4.79 Å². The third-order valence-electron chi connectivity index (χ3n) is 3.92. The lowest BCUT2D eigenvalue weighted by molar-refractivity contribution is 0.0932. The van der Waals surface area contributed by atoms with Crippen LogP contribution in [0.15, 0.2) is 18.2 Å². The molecule has 1 aliphatic rings. The molecule has 0 spiro atoms. The maximum Gasteiger partial charge on any atom is 0.251 e. The lowest BCUT2D eigenvalue weighted by atomic mass is 10.0. The number of benzene rings is 1. The van der Waals surface area contributed by atoms with Crippen molar-refractivity contribution in [3.8, 4) is 0 Å². The molecule has 1 aliphatic heterocycles. The lowest BCUT2D eigenvalue weighted by Crippen LogP contribution is -2.35. The Bertz CT molecular complexity index is 473. The van der Waals surface area contributed by atoms with Crippen LogP contribution in [0.3, 0.4) is 0 Å². The van der Waals surface area contributed by atoms with Crippen LogP contribution in [0, 0.1) is 0 Å². The average molecular weight is 289 g/mol. The normalized spacial score (nSPS) is 14.6. The van der Waals surface area contributed by atoms with Gasteiger partial charge in [-0.25, -0.2) is 0 Å². The highest BCUT2D eigenvalue weighted by atomic mass is 16.1. The summed E-state index contributed by atoms with van der Waals surface area (Å²) in [5, 5.41) is 9.84. The minimum absolute atomic E-state index is 0.0414. The molecule has 1 aromatic rings. The minimum atomic E-state index is 0.0414. The summed E-state index contributed by atoms with van der Waals surface area (Å²) in [5.41, 5.74) is 2.84. The summed E-state index contributed by atoms with van der Waals surface area (Å²) in [5.74, 6) is 0.0414. The quantitative estimate of drug-likeness (QED) is 0.718. The predicted octanol–water partition coefficient (Wildman–Crippen LogP) is 3.61. The number of amides is 1. The van der Waals surface area contributed by atoms with Crippen LogP contribution in [-0.4, -0.2) is 25.0 Å². The fourth-order valence-corrected chi connectivity index (χ4v) is 2.74. The van der Waals surface area contributed by atoms with Crippen LogP contribution in [-0.2, 0) is 0 Å². The van der Waals surface area contributed by atoms with Crippen LogP contribution in [0.1, 0.15) is 56.3 Å². The van der Waals surface area contributed by atoms with Crippen LogP contribution in [0.2, 0.25) is 0 Å². The zero-order chi connectivity index (χ0) is 15.1. The van der Waals surface area contributed by atoms with E-state index in [-0.39, 0.29) is 5.91 Å². The molecule has 2 rings (SSSR count). The largest absolute Gasteiger partial charge is 0.382 e. The molecule has 116 valence electrons. The first kappa shape index (κ1) is 15.7. The molecule has 0 saturated heterocycles. The van der Waals surface area contributed by atoms with Gasteiger partial charge in [0.25, 0.3) is 5.91 Å². The maximum atomic E-state index is 12.4. The fraction of sp³-hybridized carbons (Fsp3) is 0.588. The maximum absolute atomic E-state index is 12.4. The second-order valence-electron chi connectivity index (χ2n) is 5.72. The van der Waals surface area contributed by atoms with E-state index in [4.69, 9.17) is 0 Å². The molecule has 0 fully saturated rings. The Morgan fingerprint density at radius 3 is 2.62 bits per heavy atom. The molecule has 0 radical (unpaired) electrons. The predicted molar refractivity (Wildman–Crippen MR) is 89.1 cm³/mol. The second-order valence-corrected chi connectivity index (χ2v) is 5.72. The Labute approximate surface area is 127 Å². The first-order valence-electron chi connectivity index (χ1n) is 8.17. The van der Waals surface area contributed by atoms with Gasteiger partial charge in [-0.15, -0.1) is 0 Å². The molecule has 0 aromatic heterocycles. The van der Waals surface area contributed by atoms with E-state index in [1.807, 2.05) is 18.2 Å². The number of anilines is 2. The van der Waals surface area contributed by atoms with Crippen LogP contribution in [0.4, 0.5) is 11.4 Å². The van der Waals surface area contributed by atoms with E-state index in [0.29, 0.717) is 6.04 Å². The van der Waals surface area contributed by atoms with E-state index in [1.165, 1.54) is 12.8 Å². The van der Waals surface area contributed by atoms with Gasteiger partial charge in [-0.2, -0.15) is 0 Å². The molecular formula is C17H27N3O. The molecule has 1 unspecified atom stereocenters. The number of fused-ring (bicyclic) bond motifs is 1. The van der Waals surface area contributed by atoms with Crippen molar-refractivity contribution < 1.29 is 4.79 Å². The van der Waals surface area contributed by atoms with E-state index < -0.39 is 0 Å². The smallest absolute Gasteiger partial charge is 0.251 e. The first-order valence-corrected chi connectivity index (χ1v) is 8.17. The zero-order valence-corrected chi connectivity index (χ0v) is 13.2. The molecule has 4 nitrogen and oxygen atoms in total. The molecule has 1 amide bonds. The Balaban J connectivity index is 2.01. The highest BCUT2D eigenvalue weighted by Gasteiger charge is 2.15. The molecule has 1 atom stereocenters. The van der Waals surface area contributed by atoms with E-state index >= 15 is 0 Å². The average Bonchev–Trinajstić information content (AvgIpc) is 2.52. The van der Waals surface area contributed by atoms with E-state index in [1.54, 1.807) is 0 Å². The molecule has 21 heavy (non-hydrogen) atoms. The third kappa shape index (κ3) is 4.38. The highest BCUT2D eigenvalue weighted by molar-refractivity contribution is 5.96. The lowest BCUT2D eigenvalue weighted by Gasteiger charge is -2.21. The van der Waals surface area contributed by atoms with Gasteiger partial charge in [0.2, 0.25) is 0 Å². The molecule has 0 aliphatic carbocycles. The minimum Gasteiger partial charge on any atom is -0.382 e.